The van der Waals surface area contributed by atoms with Crippen LogP contribution in [0.25, 0.3) is 10.9 Å². The van der Waals surface area contributed by atoms with Crippen molar-refractivity contribution in [3.05, 3.63) is 66.0 Å². The number of nitrogens with zero attached hydrogens (tertiary/aromatic N) is 3. The van der Waals surface area contributed by atoms with Crippen molar-refractivity contribution < 1.29 is 9.53 Å². The van der Waals surface area contributed by atoms with Gasteiger partial charge < -0.3 is 4.74 Å². The molecule has 3 aromatic rings. The van der Waals surface area contributed by atoms with Gasteiger partial charge in [-0.05, 0) is 31.5 Å². The number of hydrazone groups is 1. The number of anilines is 1. The molecule has 0 radical (unpaired) electrons. The lowest BCUT2D eigenvalue weighted by molar-refractivity contribution is -0.142. The number of hydrogen-bond acceptors (Lipinski definition) is 6. The van der Waals surface area contributed by atoms with Crippen LogP contribution in [0.4, 0.5) is 5.82 Å². The van der Waals surface area contributed by atoms with Crippen molar-refractivity contribution in [1.82, 2.24) is 9.97 Å². The van der Waals surface area contributed by atoms with Crippen molar-refractivity contribution in [2.45, 2.75) is 26.7 Å². The molecule has 1 aromatic heterocycles. The van der Waals surface area contributed by atoms with E-state index in [1.54, 1.807) is 6.92 Å². The number of carbonyl (C=O) groups excluding carboxylic acids is 1. The summed E-state index contributed by atoms with van der Waals surface area (Å²) in [5, 5.41) is 5.43. The number of aromatic nitrogens is 2. The Bertz CT molecular complexity index is 947. The van der Waals surface area contributed by atoms with E-state index in [9.17, 15) is 4.79 Å². The Kier molecular flexibility index (Phi) is 6.10. The molecule has 0 saturated heterocycles. The Morgan fingerprint density at radius 1 is 1.07 bits per heavy atom. The fourth-order valence-electron chi connectivity index (χ4n) is 2.68. The third kappa shape index (κ3) is 4.88. The smallest absolute Gasteiger partial charge is 0.306 e. The van der Waals surface area contributed by atoms with E-state index in [1.165, 1.54) is 11.9 Å². The van der Waals surface area contributed by atoms with Gasteiger partial charge in [0.2, 0.25) is 0 Å². The van der Waals surface area contributed by atoms with Crippen molar-refractivity contribution >= 4 is 28.4 Å². The molecule has 0 spiro atoms. The molecule has 0 atom stereocenters. The second-order valence-corrected chi connectivity index (χ2v) is 6.08. The van der Waals surface area contributed by atoms with Crippen LogP contribution < -0.4 is 5.43 Å². The predicted octanol–water partition coefficient (Wildman–Crippen LogP) is 4.10. The van der Waals surface area contributed by atoms with Gasteiger partial charge in [-0.15, -0.1) is 0 Å². The van der Waals surface area contributed by atoms with Gasteiger partial charge in [-0.25, -0.2) is 9.97 Å². The molecule has 0 fully saturated rings. The summed E-state index contributed by atoms with van der Waals surface area (Å²) in [6.07, 6.45) is 2.25. The average molecular weight is 362 g/mol. The van der Waals surface area contributed by atoms with Crippen LogP contribution in [0.2, 0.25) is 0 Å². The van der Waals surface area contributed by atoms with Gasteiger partial charge >= 0.3 is 5.97 Å². The lowest BCUT2D eigenvalue weighted by Gasteiger charge is -2.09. The molecule has 3 rings (SSSR count). The summed E-state index contributed by atoms with van der Waals surface area (Å²) in [4.78, 5) is 20.3. The second-order valence-electron chi connectivity index (χ2n) is 6.08. The number of ether oxygens (including phenoxy) is 1. The van der Waals surface area contributed by atoms with E-state index in [4.69, 9.17) is 4.74 Å². The van der Waals surface area contributed by atoms with Gasteiger partial charge in [0, 0.05) is 11.8 Å². The highest BCUT2D eigenvalue weighted by Crippen LogP contribution is 2.19. The van der Waals surface area contributed by atoms with Crippen molar-refractivity contribution in [3.8, 4) is 0 Å². The molecule has 0 unspecified atom stereocenters. The molecule has 1 N–H and O–H groups in total. The lowest BCUT2D eigenvalue weighted by atomic mass is 10.0. The van der Waals surface area contributed by atoms with Crippen LogP contribution >= 0.6 is 0 Å². The van der Waals surface area contributed by atoms with Gasteiger partial charge in [0.25, 0.3) is 0 Å². The molecule has 0 aliphatic heterocycles. The van der Waals surface area contributed by atoms with Crippen LogP contribution in [-0.4, -0.2) is 28.3 Å². The third-order valence-corrected chi connectivity index (χ3v) is 4.10. The molecule has 27 heavy (non-hydrogen) atoms. The normalized spacial score (nSPS) is 11.4. The first-order valence-electron chi connectivity index (χ1n) is 8.92. The first-order valence-corrected chi connectivity index (χ1v) is 8.92. The molecule has 0 aliphatic carbocycles. The molecule has 1 heterocycles. The molecule has 2 aromatic carbocycles. The quantitative estimate of drug-likeness (QED) is 0.389. The molecule has 6 nitrogen and oxygen atoms in total. The first-order chi connectivity index (χ1) is 13.2. The van der Waals surface area contributed by atoms with Crippen molar-refractivity contribution in [2.24, 2.45) is 5.10 Å². The Labute approximate surface area is 158 Å². The zero-order valence-corrected chi connectivity index (χ0v) is 15.5. The number of fused-ring (bicyclic) bond motifs is 1. The number of esters is 1. The van der Waals surface area contributed by atoms with E-state index in [0.717, 1.165) is 22.2 Å². The molecule has 0 bridgehead atoms. The number of rotatable bonds is 7. The predicted molar refractivity (Wildman–Crippen MR) is 107 cm³/mol. The number of benzene rings is 2. The van der Waals surface area contributed by atoms with Crippen LogP contribution in [0.3, 0.4) is 0 Å². The molecular weight excluding hydrogens is 340 g/mol. The van der Waals surface area contributed by atoms with E-state index in [1.807, 2.05) is 55.5 Å². The van der Waals surface area contributed by atoms with E-state index in [2.05, 4.69) is 20.5 Å². The maximum atomic E-state index is 11.8. The van der Waals surface area contributed by atoms with Crippen molar-refractivity contribution in [1.29, 1.82) is 0 Å². The fraction of sp³-hybridized carbons (Fsp3) is 0.238. The topological polar surface area (TPSA) is 76.5 Å². The lowest BCUT2D eigenvalue weighted by Crippen LogP contribution is -2.11. The van der Waals surface area contributed by atoms with E-state index < -0.39 is 0 Å². The Morgan fingerprint density at radius 3 is 2.63 bits per heavy atom. The third-order valence-electron chi connectivity index (χ3n) is 4.10. The van der Waals surface area contributed by atoms with Gasteiger partial charge in [0.05, 0.1) is 24.3 Å². The molecule has 0 saturated carbocycles. The van der Waals surface area contributed by atoms with Crippen LogP contribution in [0, 0.1) is 6.92 Å². The van der Waals surface area contributed by atoms with Crippen molar-refractivity contribution in [2.75, 3.05) is 12.0 Å². The number of aryl methyl sites for hydroxylation is 1. The van der Waals surface area contributed by atoms with Crippen LogP contribution in [0.15, 0.2) is 60.0 Å². The summed E-state index contributed by atoms with van der Waals surface area (Å²) < 4.78 is 5.03. The minimum Gasteiger partial charge on any atom is -0.466 e. The standard InChI is InChI=1S/C21H22N4O2/c1-3-27-20(26)13-12-18(16-10-8-15(2)9-11-16)24-25-21-17-6-4-5-7-19(17)22-14-23-21/h4-11,14H,3,12-13H2,1-2H3,(H,22,23,25)/b24-18-. The minimum absolute atomic E-state index is 0.232. The zero-order valence-electron chi connectivity index (χ0n) is 15.5. The zero-order chi connectivity index (χ0) is 19.1. The number of para-hydroxylation sites is 1. The van der Waals surface area contributed by atoms with Crippen LogP contribution in [0.5, 0.6) is 0 Å². The SMILES string of the molecule is CCOC(=O)CC/C(=N/Nc1ncnc2ccccc12)c1ccc(C)cc1. The minimum atomic E-state index is -0.232. The van der Waals surface area contributed by atoms with Crippen LogP contribution in [0.1, 0.15) is 30.9 Å². The van der Waals surface area contributed by atoms with E-state index >= 15 is 0 Å². The average Bonchev–Trinajstić information content (AvgIpc) is 2.69. The Morgan fingerprint density at radius 2 is 1.85 bits per heavy atom. The maximum Gasteiger partial charge on any atom is 0.306 e. The second kappa shape index (κ2) is 8.89. The Hall–Kier alpha value is -3.28. The summed E-state index contributed by atoms with van der Waals surface area (Å²) in [7, 11) is 0. The van der Waals surface area contributed by atoms with Gasteiger partial charge in [-0.2, -0.15) is 5.10 Å². The molecule has 0 aliphatic rings. The first kappa shape index (κ1) is 18.5. The van der Waals surface area contributed by atoms with E-state index in [-0.39, 0.29) is 12.4 Å². The Balaban J connectivity index is 1.86. The van der Waals surface area contributed by atoms with Crippen molar-refractivity contribution in [3.63, 3.8) is 0 Å². The highest BCUT2D eigenvalue weighted by atomic mass is 16.5. The summed E-state index contributed by atoms with van der Waals surface area (Å²) >= 11 is 0. The fourth-order valence-corrected chi connectivity index (χ4v) is 2.68. The largest absolute Gasteiger partial charge is 0.466 e. The number of carbonyl (C=O) groups is 1. The maximum absolute atomic E-state index is 11.8. The van der Waals surface area contributed by atoms with Gasteiger partial charge in [0.1, 0.15) is 6.33 Å². The number of hydrogen-bond donors (Lipinski definition) is 1. The summed E-state index contributed by atoms with van der Waals surface area (Å²) in [5.41, 5.74) is 6.77. The number of nitrogens with one attached hydrogen (secondary N) is 1. The summed E-state index contributed by atoms with van der Waals surface area (Å²) in [6.45, 7) is 4.21. The van der Waals surface area contributed by atoms with E-state index in [0.29, 0.717) is 18.8 Å². The summed E-state index contributed by atoms with van der Waals surface area (Å²) in [5.74, 6) is 0.395. The molecule has 138 valence electrons. The summed E-state index contributed by atoms with van der Waals surface area (Å²) in [6, 6.07) is 15.8. The molecule has 0 amide bonds. The molecule has 6 heteroatoms. The molecular formula is C21H22N4O2. The highest BCUT2D eigenvalue weighted by Gasteiger charge is 2.10. The van der Waals surface area contributed by atoms with Gasteiger partial charge in [-0.1, -0.05) is 42.0 Å². The highest BCUT2D eigenvalue weighted by molar-refractivity contribution is 6.02. The van der Waals surface area contributed by atoms with Gasteiger partial charge in [-0.3, -0.25) is 10.2 Å². The van der Waals surface area contributed by atoms with Crippen LogP contribution in [-0.2, 0) is 9.53 Å². The monoisotopic (exact) mass is 362 g/mol. The van der Waals surface area contributed by atoms with Gasteiger partial charge in [0.15, 0.2) is 5.82 Å².